The fourth-order valence-electron chi connectivity index (χ4n) is 1.50. The molecule has 6 heteroatoms. The zero-order valence-electron chi connectivity index (χ0n) is 10.5. The van der Waals surface area contributed by atoms with E-state index in [9.17, 15) is 4.79 Å². The van der Waals surface area contributed by atoms with Gasteiger partial charge in [0.05, 0.1) is 7.11 Å². The van der Waals surface area contributed by atoms with Crippen molar-refractivity contribution in [2.75, 3.05) is 12.4 Å². The number of anilines is 2. The zero-order chi connectivity index (χ0) is 13.8. The molecule has 1 N–H and O–H groups in total. The molecule has 1 aromatic carbocycles. The Kier molecular flexibility index (Phi) is 3.97. The van der Waals surface area contributed by atoms with Gasteiger partial charge in [0.25, 0.3) is 0 Å². The Balaban J connectivity index is 2.28. The number of nitrogens with zero attached hydrogens (tertiary/aromatic N) is 2. The lowest BCUT2D eigenvalue weighted by atomic mass is 10.2. The minimum atomic E-state index is -0.506. The highest BCUT2D eigenvalue weighted by atomic mass is 35.5. The van der Waals surface area contributed by atoms with Crippen molar-refractivity contribution >= 4 is 29.2 Å². The van der Waals surface area contributed by atoms with Gasteiger partial charge in [-0.05, 0) is 30.7 Å². The first kappa shape index (κ1) is 13.3. The van der Waals surface area contributed by atoms with E-state index in [1.807, 2.05) is 19.1 Å². The van der Waals surface area contributed by atoms with Gasteiger partial charge >= 0.3 is 5.97 Å². The van der Waals surface area contributed by atoms with Crippen molar-refractivity contribution < 1.29 is 9.53 Å². The molecule has 0 radical (unpaired) electrons. The lowest BCUT2D eigenvalue weighted by Crippen LogP contribution is -2.07. The fraction of sp³-hybridized carbons (Fsp3) is 0.154. The van der Waals surface area contributed by atoms with Gasteiger partial charge in [-0.3, -0.25) is 0 Å². The molecule has 0 aliphatic heterocycles. The largest absolute Gasteiger partial charge is 0.464 e. The molecule has 19 heavy (non-hydrogen) atoms. The van der Waals surface area contributed by atoms with Gasteiger partial charge in [-0.2, -0.15) is 0 Å². The molecule has 0 fully saturated rings. The van der Waals surface area contributed by atoms with Gasteiger partial charge in [-0.25, -0.2) is 14.8 Å². The maximum Gasteiger partial charge on any atom is 0.356 e. The fourth-order valence-corrected chi connectivity index (χ4v) is 1.68. The molecule has 0 unspecified atom stereocenters. The summed E-state index contributed by atoms with van der Waals surface area (Å²) in [5.74, 6) is -0.193. The summed E-state index contributed by atoms with van der Waals surface area (Å²) in [5.41, 5.74) is 1.87. The summed E-state index contributed by atoms with van der Waals surface area (Å²) in [7, 11) is 1.30. The molecule has 2 rings (SSSR count). The number of methoxy groups -OCH3 is 1. The molecule has 5 nitrogen and oxygen atoms in total. The van der Waals surface area contributed by atoms with Crippen molar-refractivity contribution in [2.24, 2.45) is 0 Å². The van der Waals surface area contributed by atoms with Gasteiger partial charge in [0.2, 0.25) is 5.95 Å². The summed E-state index contributed by atoms with van der Waals surface area (Å²) in [6.45, 7) is 1.88. The Morgan fingerprint density at radius 1 is 1.37 bits per heavy atom. The average molecular weight is 278 g/mol. The summed E-state index contributed by atoms with van der Waals surface area (Å²) < 4.78 is 4.61. The van der Waals surface area contributed by atoms with Gasteiger partial charge in [0.15, 0.2) is 5.69 Å². The van der Waals surface area contributed by atoms with E-state index in [4.69, 9.17) is 11.6 Å². The second kappa shape index (κ2) is 5.67. The van der Waals surface area contributed by atoms with E-state index < -0.39 is 5.97 Å². The number of hydrogen-bond acceptors (Lipinski definition) is 5. The van der Waals surface area contributed by atoms with Crippen molar-refractivity contribution in [1.82, 2.24) is 9.97 Å². The highest BCUT2D eigenvalue weighted by molar-refractivity contribution is 6.31. The standard InChI is InChI=1S/C13H12ClN3O2/c1-8-9(14)4-3-5-10(8)16-13-15-7-6-11(17-13)12(18)19-2/h3-7H,1-2H3,(H,15,16,17). The van der Waals surface area contributed by atoms with Crippen LogP contribution in [-0.4, -0.2) is 23.0 Å². The molecule has 2 aromatic rings. The maximum absolute atomic E-state index is 11.4. The average Bonchev–Trinajstić information content (AvgIpc) is 2.43. The first-order valence-corrected chi connectivity index (χ1v) is 5.93. The van der Waals surface area contributed by atoms with Crippen LogP contribution in [0.15, 0.2) is 30.5 Å². The monoisotopic (exact) mass is 277 g/mol. The van der Waals surface area contributed by atoms with E-state index in [-0.39, 0.29) is 5.69 Å². The van der Waals surface area contributed by atoms with Crippen molar-refractivity contribution in [1.29, 1.82) is 0 Å². The molecule has 0 saturated heterocycles. The summed E-state index contributed by atoms with van der Waals surface area (Å²) in [6.07, 6.45) is 1.49. The van der Waals surface area contributed by atoms with Crippen LogP contribution in [0.4, 0.5) is 11.6 Å². The quantitative estimate of drug-likeness (QED) is 0.874. The van der Waals surface area contributed by atoms with E-state index >= 15 is 0 Å². The summed E-state index contributed by atoms with van der Waals surface area (Å²) in [6, 6.07) is 6.97. The Morgan fingerprint density at radius 2 is 2.16 bits per heavy atom. The van der Waals surface area contributed by atoms with Crippen LogP contribution in [0.2, 0.25) is 5.02 Å². The Morgan fingerprint density at radius 3 is 2.89 bits per heavy atom. The second-order valence-corrected chi connectivity index (χ2v) is 4.20. The smallest absolute Gasteiger partial charge is 0.356 e. The number of carbonyl (C=O) groups excluding carboxylic acids is 1. The SMILES string of the molecule is COC(=O)c1ccnc(Nc2cccc(Cl)c2C)n1. The molecule has 0 spiro atoms. The molecule has 0 aliphatic rings. The van der Waals surface area contributed by atoms with Crippen molar-refractivity contribution in [3.63, 3.8) is 0 Å². The lowest BCUT2D eigenvalue weighted by molar-refractivity contribution is 0.0594. The van der Waals surface area contributed by atoms with E-state index in [0.717, 1.165) is 11.3 Å². The van der Waals surface area contributed by atoms with E-state index in [1.54, 1.807) is 6.07 Å². The first-order chi connectivity index (χ1) is 9.11. The van der Waals surface area contributed by atoms with Crippen LogP contribution in [0.3, 0.4) is 0 Å². The van der Waals surface area contributed by atoms with Crippen LogP contribution in [0.5, 0.6) is 0 Å². The van der Waals surface area contributed by atoms with Gasteiger partial charge in [-0.1, -0.05) is 17.7 Å². The van der Waals surface area contributed by atoms with Gasteiger partial charge < -0.3 is 10.1 Å². The van der Waals surface area contributed by atoms with E-state index in [0.29, 0.717) is 11.0 Å². The predicted octanol–water partition coefficient (Wildman–Crippen LogP) is 2.97. The van der Waals surface area contributed by atoms with Crippen LogP contribution < -0.4 is 5.32 Å². The number of esters is 1. The number of ether oxygens (including phenoxy) is 1. The molecule has 98 valence electrons. The van der Waals surface area contributed by atoms with Crippen LogP contribution >= 0.6 is 11.6 Å². The number of halogens is 1. The molecule has 0 aliphatic carbocycles. The zero-order valence-corrected chi connectivity index (χ0v) is 11.2. The van der Waals surface area contributed by atoms with Crippen molar-refractivity contribution in [3.8, 4) is 0 Å². The van der Waals surface area contributed by atoms with Gasteiger partial charge in [0.1, 0.15) is 0 Å². The number of nitrogens with one attached hydrogen (secondary N) is 1. The summed E-state index contributed by atoms with van der Waals surface area (Å²) in [5, 5.41) is 3.67. The third-order valence-corrected chi connectivity index (χ3v) is 2.97. The van der Waals surface area contributed by atoms with Crippen molar-refractivity contribution in [2.45, 2.75) is 6.92 Å². The van der Waals surface area contributed by atoms with Crippen molar-refractivity contribution in [3.05, 3.63) is 46.7 Å². The number of rotatable bonds is 3. The van der Waals surface area contributed by atoms with Gasteiger partial charge in [-0.15, -0.1) is 0 Å². The minimum Gasteiger partial charge on any atom is -0.464 e. The second-order valence-electron chi connectivity index (χ2n) is 3.79. The highest BCUT2D eigenvalue weighted by Gasteiger charge is 2.09. The maximum atomic E-state index is 11.4. The first-order valence-electron chi connectivity index (χ1n) is 5.55. The van der Waals surface area contributed by atoms with E-state index in [2.05, 4.69) is 20.0 Å². The Hall–Kier alpha value is -2.14. The number of aromatic nitrogens is 2. The Bertz CT molecular complexity index is 617. The number of hydrogen-bond donors (Lipinski definition) is 1. The predicted molar refractivity (Wildman–Crippen MR) is 72.8 cm³/mol. The van der Waals surface area contributed by atoms with Crippen LogP contribution in [0.25, 0.3) is 0 Å². The number of carbonyl (C=O) groups is 1. The van der Waals surface area contributed by atoms with Gasteiger partial charge in [0, 0.05) is 16.9 Å². The third kappa shape index (κ3) is 3.00. The third-order valence-electron chi connectivity index (χ3n) is 2.56. The summed E-state index contributed by atoms with van der Waals surface area (Å²) >= 11 is 6.03. The molecular formula is C13H12ClN3O2. The normalized spacial score (nSPS) is 10.1. The Labute approximate surface area is 115 Å². The van der Waals surface area contributed by atoms with Crippen LogP contribution in [0.1, 0.15) is 16.1 Å². The summed E-state index contributed by atoms with van der Waals surface area (Å²) in [4.78, 5) is 19.5. The molecule has 0 atom stereocenters. The van der Waals surface area contributed by atoms with E-state index in [1.165, 1.54) is 19.4 Å². The molecule has 0 bridgehead atoms. The minimum absolute atomic E-state index is 0.194. The van der Waals surface area contributed by atoms with Crippen LogP contribution in [0, 0.1) is 6.92 Å². The molecule has 0 saturated carbocycles. The lowest BCUT2D eigenvalue weighted by Gasteiger charge is -2.09. The molecule has 1 heterocycles. The topological polar surface area (TPSA) is 64.1 Å². The number of benzene rings is 1. The molecule has 0 amide bonds. The highest BCUT2D eigenvalue weighted by Crippen LogP contribution is 2.24. The molecule has 1 aromatic heterocycles. The van der Waals surface area contributed by atoms with Crippen LogP contribution in [-0.2, 0) is 4.74 Å². The molecular weight excluding hydrogens is 266 g/mol.